The molecule has 1 nitrogen and oxygen atoms in total. The van der Waals surface area contributed by atoms with E-state index in [0.29, 0.717) is 6.04 Å². The van der Waals surface area contributed by atoms with Crippen LogP contribution in [0.3, 0.4) is 0 Å². The summed E-state index contributed by atoms with van der Waals surface area (Å²) >= 11 is 0. The van der Waals surface area contributed by atoms with Crippen LogP contribution in [-0.2, 0) is 0 Å². The molecular weight excluding hydrogens is 230 g/mol. The monoisotopic (exact) mass is 259 g/mol. The van der Waals surface area contributed by atoms with Gasteiger partial charge in [-0.2, -0.15) is 0 Å². The highest BCUT2D eigenvalue weighted by Crippen LogP contribution is 2.41. The van der Waals surface area contributed by atoms with E-state index in [1.165, 1.54) is 48.8 Å². The van der Waals surface area contributed by atoms with Gasteiger partial charge >= 0.3 is 0 Å². The highest BCUT2D eigenvalue weighted by Gasteiger charge is 2.31. The first-order valence-electron chi connectivity index (χ1n) is 7.91. The molecule has 1 N–H and O–H groups in total. The van der Waals surface area contributed by atoms with Crippen molar-refractivity contribution in [2.24, 2.45) is 11.8 Å². The summed E-state index contributed by atoms with van der Waals surface area (Å²) < 4.78 is 0. The Morgan fingerprint density at radius 3 is 2.63 bits per heavy atom. The molecule has 0 bridgehead atoms. The minimum absolute atomic E-state index is 0.533. The molecule has 0 heterocycles. The van der Waals surface area contributed by atoms with Crippen LogP contribution in [-0.4, -0.2) is 7.05 Å². The Bertz CT molecular complexity index is 410. The smallest absolute Gasteiger partial charge is 0.0351 e. The number of nitrogens with one attached hydrogen (secondary N) is 1. The van der Waals surface area contributed by atoms with E-state index in [-0.39, 0.29) is 0 Å². The molecule has 1 aliphatic carbocycles. The molecule has 2 rings (SSSR count). The summed E-state index contributed by atoms with van der Waals surface area (Å²) in [6.45, 7) is 6.82. The van der Waals surface area contributed by atoms with Crippen LogP contribution in [0, 0.1) is 25.7 Å². The fourth-order valence-electron chi connectivity index (χ4n) is 3.88. The van der Waals surface area contributed by atoms with Crippen molar-refractivity contribution in [1.29, 1.82) is 0 Å². The first-order valence-corrected chi connectivity index (χ1v) is 7.91. The lowest BCUT2D eigenvalue weighted by molar-refractivity contribution is 0.180. The Hall–Kier alpha value is -0.820. The van der Waals surface area contributed by atoms with Gasteiger partial charge in [-0.15, -0.1) is 0 Å². The van der Waals surface area contributed by atoms with E-state index in [1.54, 1.807) is 0 Å². The lowest BCUT2D eigenvalue weighted by Crippen LogP contribution is -2.33. The average molecular weight is 259 g/mol. The zero-order chi connectivity index (χ0) is 13.8. The SMILES string of the molecule is CCC1CCCCC1C(NC)c1cc(C)ccc1C. The van der Waals surface area contributed by atoms with Gasteiger partial charge in [-0.25, -0.2) is 0 Å². The van der Waals surface area contributed by atoms with Crippen LogP contribution in [0.4, 0.5) is 0 Å². The molecule has 3 unspecified atom stereocenters. The van der Waals surface area contributed by atoms with Gasteiger partial charge in [0.25, 0.3) is 0 Å². The highest BCUT2D eigenvalue weighted by molar-refractivity contribution is 5.33. The molecule has 0 aromatic heterocycles. The third-order valence-corrected chi connectivity index (χ3v) is 5.00. The molecule has 1 aliphatic rings. The lowest BCUT2D eigenvalue weighted by atomic mass is 9.72. The summed E-state index contributed by atoms with van der Waals surface area (Å²) in [5.74, 6) is 1.70. The van der Waals surface area contributed by atoms with Gasteiger partial charge < -0.3 is 5.32 Å². The van der Waals surface area contributed by atoms with E-state index in [1.807, 2.05) is 0 Å². The van der Waals surface area contributed by atoms with E-state index in [9.17, 15) is 0 Å². The molecule has 1 fully saturated rings. The maximum Gasteiger partial charge on any atom is 0.0351 e. The van der Waals surface area contributed by atoms with E-state index >= 15 is 0 Å². The fourth-order valence-corrected chi connectivity index (χ4v) is 3.88. The molecule has 1 aromatic rings. The number of rotatable bonds is 4. The Morgan fingerprint density at radius 2 is 1.95 bits per heavy atom. The maximum atomic E-state index is 3.62. The fraction of sp³-hybridized carbons (Fsp3) is 0.667. The Labute approximate surface area is 118 Å². The number of benzene rings is 1. The van der Waals surface area contributed by atoms with E-state index in [2.05, 4.69) is 51.3 Å². The molecule has 0 saturated heterocycles. The van der Waals surface area contributed by atoms with E-state index in [0.717, 1.165) is 11.8 Å². The third kappa shape index (κ3) is 3.20. The molecule has 0 radical (unpaired) electrons. The van der Waals surface area contributed by atoms with Crippen LogP contribution in [0.15, 0.2) is 18.2 Å². The number of hydrogen-bond donors (Lipinski definition) is 1. The minimum atomic E-state index is 0.533. The second-order valence-electron chi connectivity index (χ2n) is 6.24. The Morgan fingerprint density at radius 1 is 1.21 bits per heavy atom. The topological polar surface area (TPSA) is 12.0 Å². The second kappa shape index (κ2) is 6.56. The highest BCUT2D eigenvalue weighted by atomic mass is 14.9. The maximum absolute atomic E-state index is 3.62. The second-order valence-corrected chi connectivity index (χ2v) is 6.24. The van der Waals surface area contributed by atoms with Crippen molar-refractivity contribution in [3.05, 3.63) is 34.9 Å². The predicted octanol–water partition coefficient (Wildman–Crippen LogP) is 4.78. The normalized spacial score (nSPS) is 25.3. The summed E-state index contributed by atoms with van der Waals surface area (Å²) in [7, 11) is 2.13. The van der Waals surface area contributed by atoms with Crippen molar-refractivity contribution in [2.45, 2.75) is 58.9 Å². The Balaban J connectivity index is 2.29. The summed E-state index contributed by atoms with van der Waals surface area (Å²) in [5.41, 5.74) is 4.34. The van der Waals surface area contributed by atoms with Crippen LogP contribution in [0.1, 0.15) is 61.8 Å². The molecule has 106 valence electrons. The molecule has 1 heteroatoms. The number of aryl methyl sites for hydroxylation is 2. The quantitative estimate of drug-likeness (QED) is 0.820. The molecule has 1 aromatic carbocycles. The van der Waals surface area contributed by atoms with Gasteiger partial charge in [0.1, 0.15) is 0 Å². The average Bonchev–Trinajstić information content (AvgIpc) is 2.44. The zero-order valence-electron chi connectivity index (χ0n) is 13.0. The van der Waals surface area contributed by atoms with Crippen molar-refractivity contribution in [1.82, 2.24) is 5.32 Å². The summed E-state index contributed by atoms with van der Waals surface area (Å²) in [6.07, 6.45) is 6.97. The molecule has 3 atom stereocenters. The van der Waals surface area contributed by atoms with E-state index < -0.39 is 0 Å². The first-order chi connectivity index (χ1) is 9.17. The molecular formula is C18H29N. The van der Waals surface area contributed by atoms with E-state index in [4.69, 9.17) is 0 Å². The van der Waals surface area contributed by atoms with Gasteiger partial charge in [-0.05, 0) is 50.3 Å². The molecule has 0 aliphatic heterocycles. The Kier molecular flexibility index (Phi) is 5.04. The largest absolute Gasteiger partial charge is 0.313 e. The standard InChI is InChI=1S/C18H29N/c1-5-15-8-6-7-9-16(15)18(19-4)17-12-13(2)10-11-14(17)3/h10-12,15-16,18-19H,5-9H2,1-4H3. The third-order valence-electron chi connectivity index (χ3n) is 5.00. The van der Waals surface area contributed by atoms with Crippen LogP contribution in [0.5, 0.6) is 0 Å². The summed E-state index contributed by atoms with van der Waals surface area (Å²) in [5, 5.41) is 3.62. The van der Waals surface area contributed by atoms with Crippen molar-refractivity contribution >= 4 is 0 Å². The van der Waals surface area contributed by atoms with Gasteiger partial charge in [0.15, 0.2) is 0 Å². The first kappa shape index (κ1) is 14.6. The van der Waals surface area contributed by atoms with Crippen molar-refractivity contribution in [2.75, 3.05) is 7.05 Å². The van der Waals surface area contributed by atoms with Crippen LogP contribution >= 0.6 is 0 Å². The molecule has 1 saturated carbocycles. The van der Waals surface area contributed by atoms with Gasteiger partial charge in [0, 0.05) is 6.04 Å². The lowest BCUT2D eigenvalue weighted by Gasteiger charge is -2.37. The van der Waals surface area contributed by atoms with Crippen molar-refractivity contribution in [3.63, 3.8) is 0 Å². The molecule has 19 heavy (non-hydrogen) atoms. The van der Waals surface area contributed by atoms with Gasteiger partial charge in [0.05, 0.1) is 0 Å². The van der Waals surface area contributed by atoms with Gasteiger partial charge in [-0.1, -0.05) is 56.4 Å². The zero-order valence-corrected chi connectivity index (χ0v) is 13.0. The predicted molar refractivity (Wildman–Crippen MR) is 83.5 cm³/mol. The van der Waals surface area contributed by atoms with Crippen LogP contribution < -0.4 is 5.32 Å². The van der Waals surface area contributed by atoms with Gasteiger partial charge in [-0.3, -0.25) is 0 Å². The summed E-state index contributed by atoms with van der Waals surface area (Å²) in [4.78, 5) is 0. The molecule has 0 spiro atoms. The van der Waals surface area contributed by atoms with Crippen molar-refractivity contribution in [3.8, 4) is 0 Å². The molecule has 0 amide bonds. The minimum Gasteiger partial charge on any atom is -0.313 e. The van der Waals surface area contributed by atoms with Gasteiger partial charge in [0.2, 0.25) is 0 Å². The number of hydrogen-bond acceptors (Lipinski definition) is 1. The van der Waals surface area contributed by atoms with Crippen LogP contribution in [0.25, 0.3) is 0 Å². The van der Waals surface area contributed by atoms with Crippen LogP contribution in [0.2, 0.25) is 0 Å². The van der Waals surface area contributed by atoms with Crippen molar-refractivity contribution < 1.29 is 0 Å². The summed E-state index contributed by atoms with van der Waals surface area (Å²) in [6, 6.07) is 7.42.